The zero-order valence-electron chi connectivity index (χ0n) is 9.60. The number of amides is 1. The lowest BCUT2D eigenvalue weighted by Gasteiger charge is -2.29. The summed E-state index contributed by atoms with van der Waals surface area (Å²) >= 11 is 0. The van der Waals surface area contributed by atoms with E-state index in [4.69, 9.17) is 15.7 Å². The van der Waals surface area contributed by atoms with Crippen LogP contribution in [0.15, 0.2) is 18.2 Å². The molecule has 18 heavy (non-hydrogen) atoms. The summed E-state index contributed by atoms with van der Waals surface area (Å²) in [5.41, 5.74) is 5.78. The average molecular weight is 249 g/mol. The topological polar surface area (TPSA) is 79.4 Å². The third-order valence-electron chi connectivity index (χ3n) is 2.72. The predicted molar refractivity (Wildman–Crippen MR) is 62.1 cm³/mol. The Morgan fingerprint density at radius 1 is 1.61 bits per heavy atom. The number of anilines is 1. The fourth-order valence-corrected chi connectivity index (χ4v) is 1.79. The second kappa shape index (κ2) is 5.02. The molecule has 0 aromatic heterocycles. The van der Waals surface area contributed by atoms with Gasteiger partial charge in [-0.2, -0.15) is 5.26 Å². The van der Waals surface area contributed by atoms with Crippen molar-refractivity contribution in [2.45, 2.75) is 6.10 Å². The van der Waals surface area contributed by atoms with Gasteiger partial charge in [-0.3, -0.25) is 4.79 Å². The van der Waals surface area contributed by atoms with Crippen molar-refractivity contribution < 1.29 is 13.9 Å². The van der Waals surface area contributed by atoms with Gasteiger partial charge in [0.05, 0.1) is 24.8 Å². The van der Waals surface area contributed by atoms with Crippen molar-refractivity contribution in [2.75, 3.05) is 25.4 Å². The van der Waals surface area contributed by atoms with Crippen LogP contribution in [0.3, 0.4) is 0 Å². The van der Waals surface area contributed by atoms with E-state index in [1.54, 1.807) is 0 Å². The molecule has 2 N–H and O–H groups in total. The quantitative estimate of drug-likeness (QED) is 0.746. The van der Waals surface area contributed by atoms with Gasteiger partial charge < -0.3 is 15.4 Å². The zero-order chi connectivity index (χ0) is 13.1. The lowest BCUT2D eigenvalue weighted by molar-refractivity contribution is 0.00326. The number of morpholine rings is 1. The van der Waals surface area contributed by atoms with Crippen molar-refractivity contribution in [3.05, 3.63) is 29.6 Å². The van der Waals surface area contributed by atoms with Crippen LogP contribution in [0, 0.1) is 17.1 Å². The molecule has 1 aliphatic heterocycles. The molecule has 5 nitrogen and oxygen atoms in total. The highest BCUT2D eigenvalue weighted by Gasteiger charge is 2.26. The number of hydrogen-bond acceptors (Lipinski definition) is 4. The summed E-state index contributed by atoms with van der Waals surface area (Å²) in [5.74, 6) is -1.09. The molecule has 0 radical (unpaired) electrons. The van der Waals surface area contributed by atoms with E-state index in [2.05, 4.69) is 0 Å². The van der Waals surface area contributed by atoms with Crippen molar-refractivity contribution in [1.82, 2.24) is 4.90 Å². The minimum absolute atomic E-state index is 0.0754. The van der Waals surface area contributed by atoms with Gasteiger partial charge in [-0.25, -0.2) is 4.39 Å². The highest BCUT2D eigenvalue weighted by Crippen LogP contribution is 2.16. The maximum Gasteiger partial charge on any atom is 0.257 e. The Balaban J connectivity index is 2.21. The maximum atomic E-state index is 13.6. The van der Waals surface area contributed by atoms with Crippen LogP contribution in [0.1, 0.15) is 10.4 Å². The molecule has 1 unspecified atom stereocenters. The molecule has 1 aromatic rings. The molecule has 0 spiro atoms. The summed E-state index contributed by atoms with van der Waals surface area (Å²) in [5, 5.41) is 8.75. The van der Waals surface area contributed by atoms with Gasteiger partial charge in [0.1, 0.15) is 5.82 Å². The highest BCUT2D eigenvalue weighted by molar-refractivity contribution is 5.95. The first-order valence-electron chi connectivity index (χ1n) is 5.47. The van der Waals surface area contributed by atoms with Crippen LogP contribution in [0.5, 0.6) is 0 Å². The van der Waals surface area contributed by atoms with E-state index in [-0.39, 0.29) is 18.7 Å². The average Bonchev–Trinajstić information content (AvgIpc) is 2.41. The minimum Gasteiger partial charge on any atom is -0.399 e. The smallest absolute Gasteiger partial charge is 0.257 e. The molecular weight excluding hydrogens is 237 g/mol. The fraction of sp³-hybridized carbons (Fsp3) is 0.333. The Morgan fingerprint density at radius 2 is 2.39 bits per heavy atom. The molecule has 94 valence electrons. The summed E-state index contributed by atoms with van der Waals surface area (Å²) < 4.78 is 18.7. The maximum absolute atomic E-state index is 13.6. The molecule has 0 saturated carbocycles. The largest absolute Gasteiger partial charge is 0.399 e. The third kappa shape index (κ3) is 2.41. The van der Waals surface area contributed by atoms with Crippen LogP contribution in [-0.2, 0) is 4.74 Å². The molecule has 1 atom stereocenters. The van der Waals surface area contributed by atoms with Crippen LogP contribution < -0.4 is 5.73 Å². The first-order valence-corrected chi connectivity index (χ1v) is 5.47. The molecule has 1 amide bonds. The van der Waals surface area contributed by atoms with Gasteiger partial charge in [-0.05, 0) is 18.2 Å². The van der Waals surface area contributed by atoms with Gasteiger partial charge in [-0.15, -0.1) is 0 Å². The Labute approximate surface area is 104 Å². The Bertz CT molecular complexity index is 513. The highest BCUT2D eigenvalue weighted by atomic mass is 19.1. The van der Waals surface area contributed by atoms with Crippen molar-refractivity contribution in [3.63, 3.8) is 0 Å². The lowest BCUT2D eigenvalue weighted by Crippen LogP contribution is -2.45. The summed E-state index contributed by atoms with van der Waals surface area (Å²) in [4.78, 5) is 13.5. The van der Waals surface area contributed by atoms with Crippen molar-refractivity contribution in [3.8, 4) is 6.07 Å². The van der Waals surface area contributed by atoms with E-state index >= 15 is 0 Å². The Morgan fingerprint density at radius 3 is 3.11 bits per heavy atom. The van der Waals surface area contributed by atoms with Crippen LogP contribution in [0.2, 0.25) is 0 Å². The van der Waals surface area contributed by atoms with E-state index in [1.165, 1.54) is 17.0 Å². The Kier molecular flexibility index (Phi) is 3.44. The fourth-order valence-electron chi connectivity index (χ4n) is 1.79. The number of nitriles is 1. The van der Waals surface area contributed by atoms with Crippen molar-refractivity contribution in [2.24, 2.45) is 0 Å². The number of nitrogens with zero attached hydrogens (tertiary/aromatic N) is 2. The van der Waals surface area contributed by atoms with Gasteiger partial charge in [-0.1, -0.05) is 0 Å². The zero-order valence-corrected chi connectivity index (χ0v) is 9.60. The van der Waals surface area contributed by atoms with Gasteiger partial charge in [0.2, 0.25) is 0 Å². The molecule has 2 rings (SSSR count). The van der Waals surface area contributed by atoms with Crippen LogP contribution in [-0.4, -0.2) is 36.6 Å². The normalized spacial score (nSPS) is 19.3. The number of hydrogen-bond donors (Lipinski definition) is 1. The number of nitrogen functional groups attached to an aromatic ring is 1. The molecular formula is C12H12FN3O2. The minimum atomic E-state index is -0.660. The summed E-state index contributed by atoms with van der Waals surface area (Å²) in [6, 6.07) is 5.78. The monoisotopic (exact) mass is 249 g/mol. The number of nitrogens with two attached hydrogens (primary N) is 1. The van der Waals surface area contributed by atoms with Crippen LogP contribution in [0.4, 0.5) is 10.1 Å². The Hall–Kier alpha value is -2.13. The summed E-state index contributed by atoms with van der Waals surface area (Å²) in [6.07, 6.45) is -0.660. The number of rotatable bonds is 1. The van der Waals surface area contributed by atoms with Crippen molar-refractivity contribution in [1.29, 1.82) is 5.26 Å². The molecule has 1 aromatic carbocycles. The number of halogens is 1. The van der Waals surface area contributed by atoms with Crippen LogP contribution >= 0.6 is 0 Å². The molecule has 1 aliphatic rings. The summed E-state index contributed by atoms with van der Waals surface area (Å²) in [7, 11) is 0. The van der Waals surface area contributed by atoms with E-state index in [1.807, 2.05) is 6.07 Å². The van der Waals surface area contributed by atoms with E-state index < -0.39 is 17.8 Å². The van der Waals surface area contributed by atoms with Gasteiger partial charge in [0.25, 0.3) is 5.91 Å². The van der Waals surface area contributed by atoms with E-state index in [9.17, 15) is 9.18 Å². The van der Waals surface area contributed by atoms with Gasteiger partial charge in [0, 0.05) is 12.2 Å². The standard InChI is InChI=1S/C12H12FN3O2/c13-11-2-1-8(15)5-10(11)12(17)16-3-4-18-9(6-14)7-16/h1-2,5,9H,3-4,7,15H2. The molecule has 0 aliphatic carbocycles. The molecule has 0 bridgehead atoms. The van der Waals surface area contributed by atoms with E-state index in [0.717, 1.165) is 6.07 Å². The first-order chi connectivity index (χ1) is 8.61. The number of ether oxygens (including phenoxy) is 1. The van der Waals surface area contributed by atoms with Crippen molar-refractivity contribution >= 4 is 11.6 Å². The first kappa shape index (κ1) is 12.3. The third-order valence-corrected chi connectivity index (χ3v) is 2.72. The predicted octanol–water partition coefficient (Wildman–Crippen LogP) is 0.772. The van der Waals surface area contributed by atoms with Crippen LogP contribution in [0.25, 0.3) is 0 Å². The van der Waals surface area contributed by atoms with Gasteiger partial charge in [0.15, 0.2) is 6.10 Å². The molecule has 1 heterocycles. The lowest BCUT2D eigenvalue weighted by atomic mass is 10.1. The number of carbonyl (C=O) groups excluding carboxylic acids is 1. The van der Waals surface area contributed by atoms with E-state index in [0.29, 0.717) is 12.2 Å². The molecule has 6 heteroatoms. The molecule has 1 saturated heterocycles. The summed E-state index contributed by atoms with van der Waals surface area (Å²) in [6.45, 7) is 0.753. The van der Waals surface area contributed by atoms with Gasteiger partial charge >= 0.3 is 0 Å². The second-order valence-electron chi connectivity index (χ2n) is 3.98. The molecule has 1 fully saturated rings. The SMILES string of the molecule is N#CC1CN(C(=O)c2cc(N)ccc2F)CCO1. The number of benzene rings is 1. The second-order valence-corrected chi connectivity index (χ2v) is 3.98. The number of carbonyl (C=O) groups is 1.